The van der Waals surface area contributed by atoms with E-state index in [1.807, 2.05) is 0 Å². The van der Waals surface area contributed by atoms with Gasteiger partial charge in [-0.05, 0) is 51.2 Å². The molecular weight excluding hydrogens is 364 g/mol. The molecule has 29 heavy (non-hydrogen) atoms. The molecule has 1 aromatic heterocycles. The maximum atomic E-state index is 9.41. The number of fused-ring (bicyclic) bond motifs is 1. The lowest BCUT2D eigenvalue weighted by Gasteiger charge is -2.45. The number of para-hydroxylation sites is 2. The summed E-state index contributed by atoms with van der Waals surface area (Å²) in [5.41, 5.74) is 2.33. The normalized spacial score (nSPS) is 24.6. The zero-order valence-corrected chi connectivity index (χ0v) is 18.0. The first-order chi connectivity index (χ1) is 14.2. The molecule has 3 heterocycles. The molecule has 2 aliphatic rings. The lowest BCUT2D eigenvalue weighted by Crippen LogP contribution is -2.53. The Balaban J connectivity index is 1.50. The Morgan fingerprint density at radius 1 is 1.17 bits per heavy atom. The zero-order chi connectivity index (χ0) is 20.2. The average Bonchev–Trinajstić information content (AvgIpc) is 3.11. The van der Waals surface area contributed by atoms with Crippen molar-refractivity contribution in [1.82, 2.24) is 19.4 Å². The molecule has 6 heteroatoms. The Kier molecular flexibility index (Phi) is 6.85. The molecule has 0 aliphatic carbocycles. The molecule has 2 aliphatic heterocycles. The van der Waals surface area contributed by atoms with Gasteiger partial charge in [0.05, 0.1) is 30.8 Å². The van der Waals surface area contributed by atoms with Crippen LogP contribution in [0.2, 0.25) is 0 Å². The number of imidazole rings is 1. The van der Waals surface area contributed by atoms with E-state index in [1.54, 1.807) is 0 Å². The molecule has 2 saturated heterocycles. The van der Waals surface area contributed by atoms with Gasteiger partial charge in [-0.3, -0.25) is 9.80 Å². The molecule has 0 spiro atoms. The zero-order valence-electron chi connectivity index (χ0n) is 18.0. The monoisotopic (exact) mass is 400 g/mol. The number of benzene rings is 1. The predicted octanol–water partition coefficient (Wildman–Crippen LogP) is 2.91. The van der Waals surface area contributed by atoms with E-state index in [0.29, 0.717) is 18.0 Å². The van der Waals surface area contributed by atoms with Crippen molar-refractivity contribution in [1.29, 1.82) is 0 Å². The molecule has 0 saturated carbocycles. The third kappa shape index (κ3) is 4.66. The molecule has 4 rings (SSSR count). The Hall–Kier alpha value is -1.47. The van der Waals surface area contributed by atoms with Gasteiger partial charge in [-0.25, -0.2) is 4.98 Å². The van der Waals surface area contributed by atoms with Gasteiger partial charge in [0.25, 0.3) is 0 Å². The highest BCUT2D eigenvalue weighted by molar-refractivity contribution is 5.76. The Morgan fingerprint density at radius 2 is 1.97 bits per heavy atom. The fourth-order valence-electron chi connectivity index (χ4n) is 5.25. The van der Waals surface area contributed by atoms with E-state index in [0.717, 1.165) is 64.3 Å². The van der Waals surface area contributed by atoms with Crippen molar-refractivity contribution in [2.75, 3.05) is 46.0 Å². The number of rotatable bonds is 7. The Labute approximate surface area is 174 Å². The molecule has 0 amide bonds. The van der Waals surface area contributed by atoms with Gasteiger partial charge in [0.15, 0.2) is 0 Å². The molecule has 0 bridgehead atoms. The maximum Gasteiger partial charge on any atom is 0.124 e. The molecule has 0 radical (unpaired) electrons. The van der Waals surface area contributed by atoms with Crippen LogP contribution in [-0.2, 0) is 11.3 Å². The van der Waals surface area contributed by atoms with Gasteiger partial charge in [0.1, 0.15) is 5.82 Å². The standard InChI is InChI=1S/C23H36N4O2/c1-18(2)27-22-8-4-3-7-20(22)24-23(27)17-25-10-9-21(19(16-25)6-5-13-28)26-11-14-29-15-12-26/h3-4,7-8,18-19,21,28H,5-6,9-17H2,1-2H3/t19-,21+/m1/s1. The van der Waals surface area contributed by atoms with Gasteiger partial charge < -0.3 is 14.4 Å². The van der Waals surface area contributed by atoms with E-state index in [4.69, 9.17) is 9.72 Å². The molecular formula is C23H36N4O2. The summed E-state index contributed by atoms with van der Waals surface area (Å²) < 4.78 is 7.96. The number of hydrogen-bond donors (Lipinski definition) is 1. The quantitative estimate of drug-likeness (QED) is 0.775. The Morgan fingerprint density at radius 3 is 2.72 bits per heavy atom. The van der Waals surface area contributed by atoms with Crippen LogP contribution in [0.15, 0.2) is 24.3 Å². The minimum atomic E-state index is 0.287. The number of piperidine rings is 1. The summed E-state index contributed by atoms with van der Waals surface area (Å²) in [4.78, 5) is 10.2. The third-order valence-corrected chi connectivity index (χ3v) is 6.58. The summed E-state index contributed by atoms with van der Waals surface area (Å²) >= 11 is 0. The molecule has 2 aromatic rings. The van der Waals surface area contributed by atoms with E-state index in [1.165, 1.54) is 17.8 Å². The number of morpholine rings is 1. The van der Waals surface area contributed by atoms with Gasteiger partial charge in [0.2, 0.25) is 0 Å². The second-order valence-corrected chi connectivity index (χ2v) is 8.85. The van der Waals surface area contributed by atoms with Gasteiger partial charge in [-0.15, -0.1) is 0 Å². The first kappa shape index (κ1) is 20.8. The van der Waals surface area contributed by atoms with E-state index < -0.39 is 0 Å². The van der Waals surface area contributed by atoms with E-state index in [9.17, 15) is 5.11 Å². The summed E-state index contributed by atoms with van der Waals surface area (Å²) in [5.74, 6) is 1.78. The topological polar surface area (TPSA) is 53.8 Å². The van der Waals surface area contributed by atoms with E-state index in [2.05, 4.69) is 52.5 Å². The molecule has 2 atom stereocenters. The van der Waals surface area contributed by atoms with Crippen LogP contribution < -0.4 is 0 Å². The first-order valence-electron chi connectivity index (χ1n) is 11.3. The molecule has 6 nitrogen and oxygen atoms in total. The van der Waals surface area contributed by atoms with Crippen LogP contribution in [0.1, 0.15) is 45.0 Å². The van der Waals surface area contributed by atoms with Crippen molar-refractivity contribution in [3.63, 3.8) is 0 Å². The Bertz CT molecular complexity index is 784. The fourth-order valence-corrected chi connectivity index (χ4v) is 5.25. The number of aromatic nitrogens is 2. The highest BCUT2D eigenvalue weighted by Gasteiger charge is 2.34. The minimum absolute atomic E-state index is 0.287. The van der Waals surface area contributed by atoms with Crippen LogP contribution in [0.3, 0.4) is 0 Å². The summed E-state index contributed by atoms with van der Waals surface area (Å²) in [7, 11) is 0. The van der Waals surface area contributed by atoms with Gasteiger partial charge in [0, 0.05) is 44.9 Å². The number of likely N-dealkylation sites (tertiary alicyclic amines) is 1. The highest BCUT2D eigenvalue weighted by atomic mass is 16.5. The second kappa shape index (κ2) is 9.56. The third-order valence-electron chi connectivity index (χ3n) is 6.58. The fraction of sp³-hybridized carbons (Fsp3) is 0.696. The van der Waals surface area contributed by atoms with Crippen molar-refractivity contribution in [2.45, 2.75) is 51.7 Å². The molecule has 1 N–H and O–H groups in total. The van der Waals surface area contributed by atoms with Crippen molar-refractivity contribution < 1.29 is 9.84 Å². The lowest BCUT2D eigenvalue weighted by molar-refractivity contribution is -0.0235. The number of aliphatic hydroxyl groups excluding tert-OH is 1. The molecule has 0 unspecified atom stereocenters. The van der Waals surface area contributed by atoms with Crippen LogP contribution in [-0.4, -0.2) is 76.5 Å². The van der Waals surface area contributed by atoms with Crippen molar-refractivity contribution in [3.8, 4) is 0 Å². The van der Waals surface area contributed by atoms with E-state index in [-0.39, 0.29) is 6.61 Å². The lowest BCUT2D eigenvalue weighted by atomic mass is 9.87. The van der Waals surface area contributed by atoms with Crippen LogP contribution >= 0.6 is 0 Å². The summed E-state index contributed by atoms with van der Waals surface area (Å²) in [6, 6.07) is 9.49. The number of ether oxygens (including phenoxy) is 1. The van der Waals surface area contributed by atoms with Gasteiger partial charge in [-0.1, -0.05) is 12.1 Å². The van der Waals surface area contributed by atoms with Gasteiger partial charge in [-0.2, -0.15) is 0 Å². The van der Waals surface area contributed by atoms with Crippen molar-refractivity contribution in [2.24, 2.45) is 5.92 Å². The van der Waals surface area contributed by atoms with Crippen LogP contribution in [0.4, 0.5) is 0 Å². The maximum absolute atomic E-state index is 9.41. The minimum Gasteiger partial charge on any atom is -0.396 e. The second-order valence-electron chi connectivity index (χ2n) is 8.85. The molecule has 1 aromatic carbocycles. The number of hydrogen-bond acceptors (Lipinski definition) is 5. The predicted molar refractivity (Wildman–Crippen MR) is 116 cm³/mol. The summed E-state index contributed by atoms with van der Waals surface area (Å²) in [6.07, 6.45) is 3.18. The molecule has 2 fully saturated rings. The van der Waals surface area contributed by atoms with Gasteiger partial charge >= 0.3 is 0 Å². The average molecular weight is 401 g/mol. The SMILES string of the molecule is CC(C)n1c(CN2CC[C@H](N3CCOCC3)[C@H](CCCO)C2)nc2ccccc21. The highest BCUT2D eigenvalue weighted by Crippen LogP contribution is 2.29. The summed E-state index contributed by atoms with van der Waals surface area (Å²) in [5, 5.41) is 9.41. The van der Waals surface area contributed by atoms with Crippen LogP contribution in [0, 0.1) is 5.92 Å². The molecule has 160 valence electrons. The smallest absolute Gasteiger partial charge is 0.124 e. The first-order valence-corrected chi connectivity index (χ1v) is 11.3. The van der Waals surface area contributed by atoms with E-state index >= 15 is 0 Å². The van der Waals surface area contributed by atoms with Crippen LogP contribution in [0.5, 0.6) is 0 Å². The van der Waals surface area contributed by atoms with Crippen molar-refractivity contribution >= 4 is 11.0 Å². The number of aliphatic hydroxyl groups is 1. The summed E-state index contributed by atoms with van der Waals surface area (Å²) in [6.45, 7) is 11.7. The number of nitrogens with zero attached hydrogens (tertiary/aromatic N) is 4. The van der Waals surface area contributed by atoms with Crippen LogP contribution in [0.25, 0.3) is 11.0 Å². The van der Waals surface area contributed by atoms with Crippen molar-refractivity contribution in [3.05, 3.63) is 30.1 Å². The largest absolute Gasteiger partial charge is 0.396 e.